The molecule has 0 saturated heterocycles. The molecule has 6 nitrogen and oxygen atoms in total. The molecule has 0 heterocycles. The van der Waals surface area contributed by atoms with Crippen molar-refractivity contribution in [2.75, 3.05) is 12.3 Å². The monoisotopic (exact) mass is 251 g/mol. The van der Waals surface area contributed by atoms with Crippen molar-refractivity contribution in [2.24, 2.45) is 0 Å². The van der Waals surface area contributed by atoms with E-state index in [0.29, 0.717) is 0 Å². The van der Waals surface area contributed by atoms with Gasteiger partial charge in [-0.25, -0.2) is 8.42 Å². The molecular formula is C9H17NO5S. The fourth-order valence-electron chi connectivity index (χ4n) is 0.749. The van der Waals surface area contributed by atoms with Gasteiger partial charge in [0.15, 0.2) is 9.84 Å². The predicted molar refractivity (Wildman–Crippen MR) is 58.8 cm³/mol. The number of carboxylic acid groups (broad SMARTS) is 1. The smallest absolute Gasteiger partial charge is 0.305 e. The van der Waals surface area contributed by atoms with Crippen LogP contribution in [0.5, 0.6) is 0 Å². The molecule has 16 heavy (non-hydrogen) atoms. The third kappa shape index (κ3) is 5.11. The minimum atomic E-state index is -3.51. The highest BCUT2D eigenvalue weighted by molar-refractivity contribution is 7.93. The van der Waals surface area contributed by atoms with Crippen LogP contribution < -0.4 is 5.32 Å². The number of rotatable bonds is 5. The normalized spacial score (nSPS) is 12.2. The van der Waals surface area contributed by atoms with E-state index in [4.69, 9.17) is 5.11 Å². The number of amides is 1. The number of sulfone groups is 1. The number of aliphatic carboxylic acids is 1. The molecule has 0 rings (SSSR count). The third-order valence-corrected chi connectivity index (χ3v) is 4.42. The summed E-state index contributed by atoms with van der Waals surface area (Å²) in [6.07, 6.45) is -0.221. The first-order chi connectivity index (χ1) is 7.06. The highest BCUT2D eigenvalue weighted by Crippen LogP contribution is 2.15. The van der Waals surface area contributed by atoms with Crippen molar-refractivity contribution in [3.63, 3.8) is 0 Å². The largest absolute Gasteiger partial charge is 0.481 e. The van der Waals surface area contributed by atoms with E-state index in [1.165, 1.54) is 20.8 Å². The first kappa shape index (κ1) is 14.9. The Morgan fingerprint density at radius 3 is 2.12 bits per heavy atom. The van der Waals surface area contributed by atoms with Gasteiger partial charge in [0.2, 0.25) is 5.91 Å². The zero-order valence-electron chi connectivity index (χ0n) is 9.61. The molecule has 0 unspecified atom stereocenters. The van der Waals surface area contributed by atoms with Crippen molar-refractivity contribution >= 4 is 21.7 Å². The van der Waals surface area contributed by atoms with Gasteiger partial charge in [0.1, 0.15) is 5.75 Å². The molecule has 0 aliphatic rings. The van der Waals surface area contributed by atoms with E-state index in [9.17, 15) is 18.0 Å². The Morgan fingerprint density at radius 1 is 1.25 bits per heavy atom. The standard InChI is InChI=1S/C9H17NO5S/c1-9(2,3)16(14,15)6-7(11)10-5-4-8(12)13/h4-6H2,1-3H3,(H,10,11)(H,12,13). The summed E-state index contributed by atoms with van der Waals surface area (Å²) in [5.41, 5.74) is 0. The molecule has 7 heteroatoms. The fourth-order valence-corrected chi connectivity index (χ4v) is 1.63. The van der Waals surface area contributed by atoms with Gasteiger partial charge in [0.25, 0.3) is 0 Å². The average Bonchev–Trinajstić information content (AvgIpc) is 1.99. The quantitative estimate of drug-likeness (QED) is 0.704. The molecule has 0 aromatic rings. The predicted octanol–water partition coefficient (Wildman–Crippen LogP) is -0.209. The molecule has 0 aliphatic carbocycles. The lowest BCUT2D eigenvalue weighted by atomic mass is 10.3. The van der Waals surface area contributed by atoms with Crippen LogP contribution in [0, 0.1) is 0 Å². The summed E-state index contributed by atoms with van der Waals surface area (Å²) in [5, 5.41) is 10.6. The summed E-state index contributed by atoms with van der Waals surface area (Å²) in [5.74, 6) is -2.33. The van der Waals surface area contributed by atoms with Crippen LogP contribution >= 0.6 is 0 Å². The Balaban J connectivity index is 4.22. The van der Waals surface area contributed by atoms with E-state index < -0.39 is 32.2 Å². The topological polar surface area (TPSA) is 101 Å². The summed E-state index contributed by atoms with van der Waals surface area (Å²) in [6.45, 7) is 4.46. The summed E-state index contributed by atoms with van der Waals surface area (Å²) >= 11 is 0. The summed E-state index contributed by atoms with van der Waals surface area (Å²) in [6, 6.07) is 0. The van der Waals surface area contributed by atoms with E-state index in [1.54, 1.807) is 0 Å². The van der Waals surface area contributed by atoms with Crippen LogP contribution in [-0.4, -0.2) is 42.4 Å². The lowest BCUT2D eigenvalue weighted by Crippen LogP contribution is -2.38. The van der Waals surface area contributed by atoms with Crippen LogP contribution in [0.2, 0.25) is 0 Å². The lowest BCUT2D eigenvalue weighted by molar-refractivity contribution is -0.136. The van der Waals surface area contributed by atoms with Crippen LogP contribution in [0.4, 0.5) is 0 Å². The number of carbonyl (C=O) groups excluding carboxylic acids is 1. The van der Waals surface area contributed by atoms with E-state index in [0.717, 1.165) is 0 Å². The summed E-state index contributed by atoms with van der Waals surface area (Å²) < 4.78 is 22.2. The molecule has 94 valence electrons. The Kier molecular flexibility index (Phi) is 4.92. The SMILES string of the molecule is CC(C)(C)S(=O)(=O)CC(=O)NCCC(=O)O. The maximum atomic E-state index is 11.6. The molecule has 0 spiro atoms. The number of hydrogen-bond donors (Lipinski definition) is 2. The Labute approximate surface area is 95.0 Å². The second-order valence-electron chi connectivity index (χ2n) is 4.37. The maximum Gasteiger partial charge on any atom is 0.305 e. The number of carbonyl (C=O) groups is 2. The zero-order chi connectivity index (χ0) is 13.0. The molecule has 0 radical (unpaired) electrons. The van der Waals surface area contributed by atoms with Crippen molar-refractivity contribution in [3.05, 3.63) is 0 Å². The average molecular weight is 251 g/mol. The third-order valence-electron chi connectivity index (χ3n) is 1.92. The van der Waals surface area contributed by atoms with Crippen molar-refractivity contribution in [3.8, 4) is 0 Å². The lowest BCUT2D eigenvalue weighted by Gasteiger charge is -2.18. The highest BCUT2D eigenvalue weighted by atomic mass is 32.2. The van der Waals surface area contributed by atoms with Crippen LogP contribution in [0.15, 0.2) is 0 Å². The van der Waals surface area contributed by atoms with Gasteiger partial charge in [0, 0.05) is 6.54 Å². The molecule has 1 amide bonds. The minimum Gasteiger partial charge on any atom is -0.481 e. The molecule has 0 aromatic carbocycles. The molecule has 0 atom stereocenters. The Bertz CT molecular complexity index is 366. The first-order valence-corrected chi connectivity index (χ1v) is 6.42. The van der Waals surface area contributed by atoms with E-state index in [2.05, 4.69) is 5.32 Å². The summed E-state index contributed by atoms with van der Waals surface area (Å²) in [7, 11) is -3.51. The van der Waals surface area contributed by atoms with Gasteiger partial charge in [0.05, 0.1) is 11.2 Å². The molecule has 0 aliphatic heterocycles. The second kappa shape index (κ2) is 5.29. The van der Waals surface area contributed by atoms with Crippen molar-refractivity contribution in [2.45, 2.75) is 31.9 Å². The van der Waals surface area contributed by atoms with Crippen molar-refractivity contribution in [1.29, 1.82) is 0 Å². The molecule has 0 aromatic heterocycles. The highest BCUT2D eigenvalue weighted by Gasteiger charge is 2.31. The van der Waals surface area contributed by atoms with Gasteiger partial charge >= 0.3 is 5.97 Å². The zero-order valence-corrected chi connectivity index (χ0v) is 10.4. The first-order valence-electron chi connectivity index (χ1n) is 4.77. The van der Waals surface area contributed by atoms with Gasteiger partial charge < -0.3 is 10.4 Å². The van der Waals surface area contributed by atoms with Gasteiger partial charge in [-0.1, -0.05) is 0 Å². The molecule has 2 N–H and O–H groups in total. The van der Waals surface area contributed by atoms with E-state index in [1.807, 2.05) is 0 Å². The second-order valence-corrected chi connectivity index (χ2v) is 7.11. The van der Waals surface area contributed by atoms with Gasteiger partial charge in [-0.3, -0.25) is 9.59 Å². The van der Waals surface area contributed by atoms with Crippen LogP contribution in [0.25, 0.3) is 0 Å². The summed E-state index contributed by atoms with van der Waals surface area (Å²) in [4.78, 5) is 21.4. The molecule has 0 bridgehead atoms. The fraction of sp³-hybridized carbons (Fsp3) is 0.778. The van der Waals surface area contributed by atoms with Gasteiger partial charge in [-0.05, 0) is 20.8 Å². The van der Waals surface area contributed by atoms with Crippen LogP contribution in [-0.2, 0) is 19.4 Å². The number of nitrogens with one attached hydrogen (secondary N) is 1. The van der Waals surface area contributed by atoms with E-state index in [-0.39, 0.29) is 13.0 Å². The van der Waals surface area contributed by atoms with Crippen molar-refractivity contribution < 1.29 is 23.1 Å². The van der Waals surface area contributed by atoms with Crippen molar-refractivity contribution in [1.82, 2.24) is 5.32 Å². The number of carboxylic acids is 1. The molecule has 0 saturated carbocycles. The minimum absolute atomic E-state index is 0.0617. The number of hydrogen-bond acceptors (Lipinski definition) is 4. The van der Waals surface area contributed by atoms with Crippen LogP contribution in [0.3, 0.4) is 0 Å². The van der Waals surface area contributed by atoms with Gasteiger partial charge in [-0.15, -0.1) is 0 Å². The van der Waals surface area contributed by atoms with E-state index >= 15 is 0 Å². The van der Waals surface area contributed by atoms with Crippen LogP contribution in [0.1, 0.15) is 27.2 Å². The molecular weight excluding hydrogens is 234 g/mol. The Morgan fingerprint density at radius 2 is 1.75 bits per heavy atom. The molecule has 0 fully saturated rings. The maximum absolute atomic E-state index is 11.6. The van der Waals surface area contributed by atoms with Gasteiger partial charge in [-0.2, -0.15) is 0 Å². The Hall–Kier alpha value is -1.11.